The summed E-state index contributed by atoms with van der Waals surface area (Å²) in [5, 5.41) is 10.1. The lowest BCUT2D eigenvalue weighted by atomic mass is 10.1. The van der Waals surface area contributed by atoms with Crippen molar-refractivity contribution in [1.82, 2.24) is 10.3 Å². The predicted molar refractivity (Wildman–Crippen MR) is 63.6 cm³/mol. The molecule has 0 fully saturated rings. The summed E-state index contributed by atoms with van der Waals surface area (Å²) in [5.74, 6) is -3.96. The summed E-state index contributed by atoms with van der Waals surface area (Å²) in [6, 6.07) is 0.713. The van der Waals surface area contributed by atoms with Crippen molar-refractivity contribution in [3.05, 3.63) is 28.0 Å². The number of hydrogen-bond acceptors (Lipinski definition) is 3. The number of carboxylic acids is 1. The smallest absolute Gasteiger partial charge is 0.471 e. The van der Waals surface area contributed by atoms with Gasteiger partial charge in [-0.05, 0) is 17.7 Å². The molecule has 1 atom stereocenters. The minimum absolute atomic E-state index is 0.0428. The average Bonchev–Trinajstić information content (AvgIpc) is 2.24. The molecule has 110 valence electrons. The Morgan fingerprint density at radius 1 is 1.30 bits per heavy atom. The second kappa shape index (κ2) is 6.27. The lowest BCUT2D eigenvalue weighted by Crippen LogP contribution is -2.47. The first-order chi connectivity index (χ1) is 9.09. The van der Waals surface area contributed by atoms with Gasteiger partial charge < -0.3 is 10.4 Å². The molecule has 20 heavy (non-hydrogen) atoms. The number of carbonyl (C=O) groups excluding carboxylic acids is 1. The molecule has 0 saturated carbocycles. The number of nitrogens with one attached hydrogen (secondary N) is 1. The van der Waals surface area contributed by atoms with Crippen LogP contribution in [0.5, 0.6) is 0 Å². The summed E-state index contributed by atoms with van der Waals surface area (Å²) in [4.78, 5) is 25.2. The zero-order valence-electron chi connectivity index (χ0n) is 9.54. The van der Waals surface area contributed by atoms with Gasteiger partial charge in [-0.2, -0.15) is 13.2 Å². The second-order valence-electron chi connectivity index (χ2n) is 3.69. The zero-order valence-corrected chi connectivity index (χ0v) is 11.1. The maximum atomic E-state index is 12.1. The summed E-state index contributed by atoms with van der Waals surface area (Å²) in [7, 11) is 0. The highest BCUT2D eigenvalue weighted by Crippen LogP contribution is 2.18. The number of carboxylic acid groups (broad SMARTS) is 1. The number of amides is 1. The summed E-state index contributed by atoms with van der Waals surface area (Å²) >= 11 is 11.2. The maximum Gasteiger partial charge on any atom is 0.471 e. The summed E-state index contributed by atoms with van der Waals surface area (Å²) in [6.07, 6.45) is -5.58. The highest BCUT2D eigenvalue weighted by Gasteiger charge is 2.40. The number of carbonyl (C=O) groups is 2. The van der Waals surface area contributed by atoms with Gasteiger partial charge >= 0.3 is 18.1 Å². The Hall–Kier alpha value is -1.54. The van der Waals surface area contributed by atoms with Gasteiger partial charge in [0, 0.05) is 6.42 Å². The van der Waals surface area contributed by atoms with Gasteiger partial charge in [0.2, 0.25) is 0 Å². The summed E-state index contributed by atoms with van der Waals surface area (Å²) in [5.41, 5.74) is 0.227. The lowest BCUT2D eigenvalue weighted by molar-refractivity contribution is -0.175. The van der Waals surface area contributed by atoms with E-state index in [4.69, 9.17) is 28.3 Å². The van der Waals surface area contributed by atoms with Crippen LogP contribution in [0.15, 0.2) is 12.1 Å². The van der Waals surface area contributed by atoms with Gasteiger partial charge in [-0.25, -0.2) is 9.78 Å². The highest BCUT2D eigenvalue weighted by atomic mass is 35.5. The number of pyridine rings is 1. The van der Waals surface area contributed by atoms with E-state index >= 15 is 0 Å². The van der Waals surface area contributed by atoms with Crippen LogP contribution in [0.25, 0.3) is 0 Å². The summed E-state index contributed by atoms with van der Waals surface area (Å²) in [6.45, 7) is 0. The van der Waals surface area contributed by atoms with E-state index in [0.717, 1.165) is 0 Å². The van der Waals surface area contributed by atoms with E-state index in [0.29, 0.717) is 0 Å². The molecule has 2 N–H and O–H groups in total. The molecular formula is C10H7Cl2F3N2O3. The molecule has 1 heterocycles. The Bertz CT molecular complexity index is 517. The van der Waals surface area contributed by atoms with E-state index in [2.05, 4.69) is 4.98 Å². The van der Waals surface area contributed by atoms with Crippen LogP contribution in [0.2, 0.25) is 10.3 Å². The Kier molecular flexibility index (Phi) is 5.18. The minimum Gasteiger partial charge on any atom is -0.480 e. The highest BCUT2D eigenvalue weighted by molar-refractivity contribution is 6.32. The van der Waals surface area contributed by atoms with Gasteiger partial charge in [-0.15, -0.1) is 0 Å². The Morgan fingerprint density at radius 3 is 2.20 bits per heavy atom. The first-order valence-electron chi connectivity index (χ1n) is 5.02. The van der Waals surface area contributed by atoms with Crippen molar-refractivity contribution >= 4 is 35.1 Å². The standard InChI is InChI=1S/C10H7Cl2F3N2O3/c11-6-2-4(3-7(12)17-6)1-5(8(18)19)16-9(20)10(13,14)15/h2-3,5H,1H2,(H,16,20)(H,18,19). The Morgan fingerprint density at radius 2 is 1.80 bits per heavy atom. The van der Waals surface area contributed by atoms with E-state index < -0.39 is 30.5 Å². The average molecular weight is 331 g/mol. The number of halogens is 5. The van der Waals surface area contributed by atoms with E-state index in [1.165, 1.54) is 17.4 Å². The molecular weight excluding hydrogens is 324 g/mol. The van der Waals surface area contributed by atoms with Gasteiger partial charge in [-0.1, -0.05) is 23.2 Å². The van der Waals surface area contributed by atoms with Crippen molar-refractivity contribution in [1.29, 1.82) is 0 Å². The van der Waals surface area contributed by atoms with Gasteiger partial charge in [0.1, 0.15) is 16.3 Å². The zero-order chi connectivity index (χ0) is 15.5. The van der Waals surface area contributed by atoms with E-state index in [1.54, 1.807) is 0 Å². The van der Waals surface area contributed by atoms with Crippen LogP contribution < -0.4 is 5.32 Å². The Labute approximate surface area is 120 Å². The van der Waals surface area contributed by atoms with Crippen molar-refractivity contribution in [3.63, 3.8) is 0 Å². The van der Waals surface area contributed by atoms with Crippen LogP contribution in [0.4, 0.5) is 13.2 Å². The quantitative estimate of drug-likeness (QED) is 0.828. The topological polar surface area (TPSA) is 79.3 Å². The largest absolute Gasteiger partial charge is 0.480 e. The van der Waals surface area contributed by atoms with Gasteiger partial charge in [-0.3, -0.25) is 4.79 Å². The molecule has 0 aliphatic rings. The van der Waals surface area contributed by atoms with E-state index in [-0.39, 0.29) is 15.9 Å². The molecule has 1 aromatic rings. The normalized spacial score (nSPS) is 12.8. The fourth-order valence-electron chi connectivity index (χ4n) is 1.31. The van der Waals surface area contributed by atoms with Crippen LogP contribution in [-0.4, -0.2) is 34.2 Å². The third-order valence-electron chi connectivity index (χ3n) is 2.12. The summed E-state index contributed by atoms with van der Waals surface area (Å²) < 4.78 is 36.2. The molecule has 0 aliphatic heterocycles. The number of aliphatic carboxylic acids is 1. The third-order valence-corrected chi connectivity index (χ3v) is 2.51. The fourth-order valence-corrected chi connectivity index (χ4v) is 1.81. The first kappa shape index (κ1) is 16.5. The van der Waals surface area contributed by atoms with E-state index in [9.17, 15) is 22.8 Å². The van der Waals surface area contributed by atoms with Gasteiger partial charge in [0.25, 0.3) is 0 Å². The van der Waals surface area contributed by atoms with E-state index in [1.807, 2.05) is 0 Å². The van der Waals surface area contributed by atoms with Crippen molar-refractivity contribution in [2.45, 2.75) is 18.6 Å². The number of hydrogen-bond donors (Lipinski definition) is 2. The van der Waals surface area contributed by atoms with Crippen LogP contribution in [0.3, 0.4) is 0 Å². The minimum atomic E-state index is -5.17. The first-order valence-corrected chi connectivity index (χ1v) is 5.77. The van der Waals surface area contributed by atoms with Crippen LogP contribution in [-0.2, 0) is 16.0 Å². The molecule has 10 heteroatoms. The van der Waals surface area contributed by atoms with Gasteiger partial charge in [0.15, 0.2) is 0 Å². The molecule has 5 nitrogen and oxygen atoms in total. The van der Waals surface area contributed by atoms with Gasteiger partial charge in [0.05, 0.1) is 0 Å². The molecule has 0 spiro atoms. The number of aromatic nitrogens is 1. The van der Waals surface area contributed by atoms with Crippen molar-refractivity contribution in [3.8, 4) is 0 Å². The van der Waals surface area contributed by atoms with Crippen LogP contribution in [0, 0.1) is 0 Å². The SMILES string of the molecule is O=C(O)C(Cc1cc(Cl)nc(Cl)c1)NC(=O)C(F)(F)F. The molecule has 1 rings (SSSR count). The molecule has 0 aromatic carbocycles. The molecule has 1 amide bonds. The molecule has 0 bridgehead atoms. The second-order valence-corrected chi connectivity index (χ2v) is 4.46. The number of alkyl halides is 3. The maximum absolute atomic E-state index is 12.1. The number of rotatable bonds is 4. The van der Waals surface area contributed by atoms with Crippen molar-refractivity contribution in [2.24, 2.45) is 0 Å². The molecule has 0 radical (unpaired) electrons. The molecule has 1 aromatic heterocycles. The third kappa shape index (κ3) is 4.86. The Balaban J connectivity index is 2.88. The van der Waals surface area contributed by atoms with Crippen LogP contribution >= 0.6 is 23.2 Å². The predicted octanol–water partition coefficient (Wildman–Crippen LogP) is 2.06. The monoisotopic (exact) mass is 330 g/mol. The number of nitrogens with zero attached hydrogens (tertiary/aromatic N) is 1. The van der Waals surface area contributed by atoms with Crippen LogP contribution in [0.1, 0.15) is 5.56 Å². The molecule has 0 saturated heterocycles. The molecule has 1 unspecified atom stereocenters. The van der Waals surface area contributed by atoms with Crippen molar-refractivity contribution in [2.75, 3.05) is 0 Å². The van der Waals surface area contributed by atoms with Crippen molar-refractivity contribution < 1.29 is 27.9 Å². The fraction of sp³-hybridized carbons (Fsp3) is 0.300. The molecule has 0 aliphatic carbocycles. The lowest BCUT2D eigenvalue weighted by Gasteiger charge is -2.15.